The van der Waals surface area contributed by atoms with Crippen molar-refractivity contribution in [3.8, 4) is 0 Å². The molecule has 4 bridgehead atoms. The van der Waals surface area contributed by atoms with E-state index in [9.17, 15) is 9.18 Å². The minimum absolute atomic E-state index is 0.108. The molecule has 7 rings (SSSR count). The zero-order valence-corrected chi connectivity index (χ0v) is 18.4. The molecule has 0 radical (unpaired) electrons. The van der Waals surface area contributed by atoms with Gasteiger partial charge in [-0.05, 0) is 86.1 Å². The Morgan fingerprint density at radius 1 is 1.00 bits per heavy atom. The predicted octanol–water partition coefficient (Wildman–Crippen LogP) is 5.10. The van der Waals surface area contributed by atoms with Gasteiger partial charge < -0.3 is 9.88 Å². The summed E-state index contributed by atoms with van der Waals surface area (Å²) >= 11 is 0. The first-order valence-corrected chi connectivity index (χ1v) is 12.0. The summed E-state index contributed by atoms with van der Waals surface area (Å²) in [6, 6.07) is 14.8. The molecule has 4 fully saturated rings. The summed E-state index contributed by atoms with van der Waals surface area (Å²) in [5.41, 5.74) is 2.95. The van der Waals surface area contributed by atoms with Gasteiger partial charge in [0.1, 0.15) is 11.6 Å². The highest BCUT2D eigenvalue weighted by molar-refractivity contribution is 5.83. The highest BCUT2D eigenvalue weighted by Crippen LogP contribution is 2.60. The molecule has 0 aliphatic heterocycles. The van der Waals surface area contributed by atoms with Crippen LogP contribution in [0.15, 0.2) is 48.5 Å². The van der Waals surface area contributed by atoms with E-state index in [2.05, 4.69) is 16.0 Å². The van der Waals surface area contributed by atoms with Gasteiger partial charge in [-0.15, -0.1) is 0 Å². The van der Waals surface area contributed by atoms with Crippen molar-refractivity contribution < 1.29 is 9.18 Å². The molecule has 4 aliphatic carbocycles. The lowest BCUT2D eigenvalue weighted by Crippen LogP contribution is -2.53. The van der Waals surface area contributed by atoms with Crippen molar-refractivity contribution in [2.24, 2.45) is 23.2 Å². The van der Waals surface area contributed by atoms with Crippen LogP contribution in [0.4, 0.5) is 4.39 Å². The number of aromatic nitrogens is 2. The van der Waals surface area contributed by atoms with Gasteiger partial charge in [-0.1, -0.05) is 24.3 Å². The van der Waals surface area contributed by atoms with Crippen LogP contribution in [0, 0.1) is 29.0 Å². The normalized spacial score (nSPS) is 28.3. The number of hydrogen-bond donors (Lipinski definition) is 1. The lowest BCUT2D eigenvalue weighted by Gasteiger charge is -2.55. The SMILES string of the molecule is O=C(NCCc1nc2ccccc2n1Cc1ccc(F)cc1)C12CC3CC(CC(C3)C1)C2. The van der Waals surface area contributed by atoms with E-state index in [0.717, 1.165) is 59.4 Å². The molecule has 4 saturated carbocycles. The van der Waals surface area contributed by atoms with Gasteiger partial charge in [-0.25, -0.2) is 9.37 Å². The maximum absolute atomic E-state index is 13.3. The van der Waals surface area contributed by atoms with Crippen LogP contribution in [-0.4, -0.2) is 22.0 Å². The molecular weight excluding hydrogens is 401 g/mol. The number of halogens is 1. The monoisotopic (exact) mass is 431 g/mol. The first-order valence-electron chi connectivity index (χ1n) is 12.0. The number of para-hydroxylation sites is 2. The molecule has 0 saturated heterocycles. The minimum atomic E-state index is -0.225. The van der Waals surface area contributed by atoms with Gasteiger partial charge in [-0.3, -0.25) is 4.79 Å². The number of carbonyl (C=O) groups is 1. The molecule has 166 valence electrons. The number of nitrogens with one attached hydrogen (secondary N) is 1. The van der Waals surface area contributed by atoms with Crippen molar-refractivity contribution in [2.75, 3.05) is 6.54 Å². The Hall–Kier alpha value is -2.69. The largest absolute Gasteiger partial charge is 0.355 e. The minimum Gasteiger partial charge on any atom is -0.355 e. The van der Waals surface area contributed by atoms with Crippen LogP contribution in [-0.2, 0) is 17.8 Å². The highest BCUT2D eigenvalue weighted by Gasteiger charge is 2.54. The first-order chi connectivity index (χ1) is 15.6. The quantitative estimate of drug-likeness (QED) is 0.590. The van der Waals surface area contributed by atoms with Gasteiger partial charge in [0, 0.05) is 24.9 Å². The van der Waals surface area contributed by atoms with E-state index in [1.807, 2.05) is 30.3 Å². The molecule has 0 unspecified atom stereocenters. The molecule has 0 atom stereocenters. The van der Waals surface area contributed by atoms with E-state index in [1.165, 1.54) is 31.4 Å². The third-order valence-electron chi connectivity index (χ3n) is 8.14. The van der Waals surface area contributed by atoms with E-state index in [-0.39, 0.29) is 17.1 Å². The second-order valence-electron chi connectivity index (χ2n) is 10.4. The van der Waals surface area contributed by atoms with Gasteiger partial charge in [0.05, 0.1) is 11.0 Å². The van der Waals surface area contributed by atoms with Crippen molar-refractivity contribution in [3.63, 3.8) is 0 Å². The third-order valence-corrected chi connectivity index (χ3v) is 8.14. The molecular formula is C27H30FN3O. The smallest absolute Gasteiger partial charge is 0.226 e. The van der Waals surface area contributed by atoms with E-state index in [1.54, 1.807) is 0 Å². The number of amides is 1. The summed E-state index contributed by atoms with van der Waals surface area (Å²) in [6.07, 6.45) is 8.00. The molecule has 1 N–H and O–H groups in total. The fourth-order valence-electron chi connectivity index (χ4n) is 7.13. The molecule has 4 nitrogen and oxygen atoms in total. The van der Waals surface area contributed by atoms with Crippen LogP contribution in [0.3, 0.4) is 0 Å². The fraction of sp³-hybridized carbons (Fsp3) is 0.481. The van der Waals surface area contributed by atoms with Crippen LogP contribution >= 0.6 is 0 Å². The Morgan fingerprint density at radius 2 is 1.66 bits per heavy atom. The molecule has 2 aromatic carbocycles. The number of benzene rings is 2. The van der Waals surface area contributed by atoms with E-state index in [0.29, 0.717) is 19.5 Å². The number of hydrogen-bond acceptors (Lipinski definition) is 2. The summed E-state index contributed by atoms with van der Waals surface area (Å²) in [7, 11) is 0. The van der Waals surface area contributed by atoms with Gasteiger partial charge in [-0.2, -0.15) is 0 Å². The zero-order chi connectivity index (χ0) is 21.7. The van der Waals surface area contributed by atoms with Crippen molar-refractivity contribution in [1.29, 1.82) is 0 Å². The van der Waals surface area contributed by atoms with E-state index in [4.69, 9.17) is 4.98 Å². The van der Waals surface area contributed by atoms with E-state index >= 15 is 0 Å². The summed E-state index contributed by atoms with van der Waals surface area (Å²) in [5, 5.41) is 3.29. The van der Waals surface area contributed by atoms with E-state index < -0.39 is 0 Å². The second-order valence-corrected chi connectivity index (χ2v) is 10.4. The number of imidazole rings is 1. The fourth-order valence-corrected chi connectivity index (χ4v) is 7.13. The van der Waals surface area contributed by atoms with Crippen molar-refractivity contribution in [2.45, 2.75) is 51.5 Å². The Kier molecular flexibility index (Phi) is 4.81. The average molecular weight is 432 g/mol. The standard InChI is InChI=1S/C27H30FN3O/c28-22-7-5-18(6-8-22)17-31-24-4-2-1-3-23(24)30-25(31)9-10-29-26(32)27-14-19-11-20(15-27)13-21(12-19)16-27/h1-8,19-21H,9-17H2,(H,29,32). The first kappa shape index (κ1) is 20.0. The predicted molar refractivity (Wildman–Crippen MR) is 123 cm³/mol. The topological polar surface area (TPSA) is 46.9 Å². The Labute approximate surface area is 188 Å². The second kappa shape index (κ2) is 7.72. The number of fused-ring (bicyclic) bond motifs is 1. The molecule has 0 spiro atoms. The van der Waals surface area contributed by atoms with Gasteiger partial charge in [0.2, 0.25) is 5.91 Å². The Bertz CT molecular complexity index is 1110. The zero-order valence-electron chi connectivity index (χ0n) is 18.4. The van der Waals surface area contributed by atoms with Gasteiger partial charge >= 0.3 is 0 Å². The highest BCUT2D eigenvalue weighted by atomic mass is 19.1. The van der Waals surface area contributed by atoms with Gasteiger partial charge in [0.25, 0.3) is 0 Å². The van der Waals surface area contributed by atoms with Crippen LogP contribution < -0.4 is 5.32 Å². The number of nitrogens with zero attached hydrogens (tertiary/aromatic N) is 2. The van der Waals surface area contributed by atoms with Crippen LogP contribution in [0.5, 0.6) is 0 Å². The van der Waals surface area contributed by atoms with Crippen LogP contribution in [0.2, 0.25) is 0 Å². The summed E-state index contributed by atoms with van der Waals surface area (Å²) in [6.45, 7) is 1.24. The lowest BCUT2D eigenvalue weighted by atomic mass is 9.49. The Balaban J connectivity index is 1.18. The molecule has 5 heteroatoms. The Morgan fingerprint density at radius 3 is 2.34 bits per heavy atom. The van der Waals surface area contributed by atoms with Crippen molar-refractivity contribution in [3.05, 3.63) is 65.7 Å². The molecule has 1 aromatic heterocycles. The summed E-state index contributed by atoms with van der Waals surface area (Å²) < 4.78 is 15.5. The number of carbonyl (C=O) groups excluding carboxylic acids is 1. The van der Waals surface area contributed by atoms with Gasteiger partial charge in [0.15, 0.2) is 0 Å². The van der Waals surface area contributed by atoms with Crippen molar-refractivity contribution >= 4 is 16.9 Å². The molecule has 1 heterocycles. The number of rotatable bonds is 6. The molecule has 3 aromatic rings. The molecule has 1 amide bonds. The summed E-state index contributed by atoms with van der Waals surface area (Å²) in [4.78, 5) is 18.1. The van der Waals surface area contributed by atoms with Crippen molar-refractivity contribution in [1.82, 2.24) is 14.9 Å². The third kappa shape index (κ3) is 3.52. The molecule has 32 heavy (non-hydrogen) atoms. The molecule has 4 aliphatic rings. The average Bonchev–Trinajstić information content (AvgIpc) is 3.11. The van der Waals surface area contributed by atoms with Crippen LogP contribution in [0.1, 0.15) is 49.9 Å². The maximum Gasteiger partial charge on any atom is 0.226 e. The maximum atomic E-state index is 13.3. The lowest BCUT2D eigenvalue weighted by molar-refractivity contribution is -0.146. The van der Waals surface area contributed by atoms with Crippen LogP contribution in [0.25, 0.3) is 11.0 Å². The summed E-state index contributed by atoms with van der Waals surface area (Å²) in [5.74, 6) is 3.32.